The third kappa shape index (κ3) is 9.73. The largest absolute Gasteiger partial charge is 0.486 e. The summed E-state index contributed by atoms with van der Waals surface area (Å²) in [6.07, 6.45) is -4.59. The fourth-order valence-electron chi connectivity index (χ4n) is 5.20. The van der Waals surface area contributed by atoms with Crippen LogP contribution in [-0.4, -0.2) is 27.9 Å². The van der Waals surface area contributed by atoms with Gasteiger partial charge in [-0.15, -0.1) is 0 Å². The number of carbonyl (C=O) groups is 2. The van der Waals surface area contributed by atoms with Crippen molar-refractivity contribution in [2.24, 2.45) is 5.92 Å². The molecular weight excluding hydrogens is 642 g/mol. The number of alkyl halides is 6. The van der Waals surface area contributed by atoms with Crippen molar-refractivity contribution in [1.29, 1.82) is 0 Å². The second kappa shape index (κ2) is 16.0. The third-order valence-electron chi connectivity index (χ3n) is 7.80. The van der Waals surface area contributed by atoms with Crippen LogP contribution in [0.15, 0.2) is 36.7 Å². The molecule has 0 saturated carbocycles. The summed E-state index contributed by atoms with van der Waals surface area (Å²) < 4.78 is 87.8. The number of nitrogens with one attached hydrogen (secondary N) is 2. The molecule has 1 heterocycles. The van der Waals surface area contributed by atoms with Crippen molar-refractivity contribution in [3.05, 3.63) is 64.7 Å². The number of aromatic nitrogens is 2. The van der Waals surface area contributed by atoms with Crippen molar-refractivity contribution in [3.8, 4) is 5.75 Å². The van der Waals surface area contributed by atoms with Crippen LogP contribution in [0.5, 0.6) is 5.75 Å². The van der Waals surface area contributed by atoms with Gasteiger partial charge in [0.05, 0.1) is 28.6 Å². The van der Waals surface area contributed by atoms with E-state index in [1.165, 1.54) is 0 Å². The van der Waals surface area contributed by atoms with Gasteiger partial charge in [-0.25, -0.2) is 9.97 Å². The highest BCUT2D eigenvalue weighted by atomic mass is 19.4. The molecule has 0 bridgehead atoms. The van der Waals surface area contributed by atoms with Crippen molar-refractivity contribution in [2.75, 3.05) is 22.1 Å². The summed E-state index contributed by atoms with van der Waals surface area (Å²) in [5.74, 6) is -2.06. The first-order chi connectivity index (χ1) is 22.5. The number of amides is 2. The highest BCUT2D eigenvalue weighted by molar-refractivity contribution is 6.08. The number of anilines is 4. The van der Waals surface area contributed by atoms with E-state index in [1.807, 2.05) is 27.7 Å². The monoisotopic (exact) mass is 682 g/mol. The molecule has 0 fully saturated rings. The number of ether oxygens (including phenoxy) is 1. The standard InChI is InChI=1S/C33H40F6N6O3/c1-5-9-18(7-3)11-22-23(40)12-19(32(34,35)36)14-25(22)44-30(46)27-16-28(43-17-42-27)31(47)45-26-15-20(33(37,38)39)13-24(41)29(26)48-21(8-4)10-6-2/h12-18,21H,5-11,40-41H2,1-4H3,(H,44,46)(H,45,47)/t18-,21-/m0/s1. The van der Waals surface area contributed by atoms with Gasteiger partial charge in [0.15, 0.2) is 5.75 Å². The molecule has 0 aliphatic rings. The number of hydrogen-bond acceptors (Lipinski definition) is 7. The van der Waals surface area contributed by atoms with Gasteiger partial charge in [0, 0.05) is 17.4 Å². The Hall–Kier alpha value is -4.56. The van der Waals surface area contributed by atoms with Crippen LogP contribution in [-0.2, 0) is 18.8 Å². The first-order valence-electron chi connectivity index (χ1n) is 15.6. The van der Waals surface area contributed by atoms with Crippen molar-refractivity contribution in [2.45, 2.75) is 91.1 Å². The Morgan fingerprint density at radius 2 is 1.27 bits per heavy atom. The maximum atomic E-state index is 13.7. The van der Waals surface area contributed by atoms with Gasteiger partial charge in [0.25, 0.3) is 11.8 Å². The molecule has 0 radical (unpaired) electrons. The van der Waals surface area contributed by atoms with Crippen LogP contribution in [0.3, 0.4) is 0 Å². The van der Waals surface area contributed by atoms with Gasteiger partial charge < -0.3 is 26.8 Å². The van der Waals surface area contributed by atoms with Gasteiger partial charge in [0.2, 0.25) is 0 Å². The summed E-state index contributed by atoms with van der Waals surface area (Å²) in [6, 6.07) is 3.95. The van der Waals surface area contributed by atoms with E-state index < -0.39 is 52.8 Å². The Kier molecular flexibility index (Phi) is 12.7. The first-order valence-corrected chi connectivity index (χ1v) is 15.6. The molecule has 48 heavy (non-hydrogen) atoms. The van der Waals surface area contributed by atoms with Crippen LogP contribution in [0.25, 0.3) is 0 Å². The van der Waals surface area contributed by atoms with Crippen molar-refractivity contribution in [1.82, 2.24) is 9.97 Å². The molecule has 9 nitrogen and oxygen atoms in total. The van der Waals surface area contributed by atoms with Gasteiger partial charge in [-0.1, -0.05) is 53.4 Å². The topological polar surface area (TPSA) is 145 Å². The zero-order valence-electron chi connectivity index (χ0n) is 27.1. The summed E-state index contributed by atoms with van der Waals surface area (Å²) in [5, 5.41) is 4.79. The number of carbonyl (C=O) groups excluding carboxylic acids is 2. The van der Waals surface area contributed by atoms with Gasteiger partial charge in [-0.2, -0.15) is 26.3 Å². The molecule has 2 aromatic carbocycles. The molecule has 0 spiro atoms. The summed E-state index contributed by atoms with van der Waals surface area (Å²) in [7, 11) is 0. The number of rotatable bonds is 14. The van der Waals surface area contributed by atoms with Crippen LogP contribution in [0.2, 0.25) is 0 Å². The second-order valence-electron chi connectivity index (χ2n) is 11.4. The zero-order valence-corrected chi connectivity index (χ0v) is 27.1. The average molecular weight is 683 g/mol. The lowest BCUT2D eigenvalue weighted by molar-refractivity contribution is -0.138. The van der Waals surface area contributed by atoms with Gasteiger partial charge >= 0.3 is 12.4 Å². The van der Waals surface area contributed by atoms with E-state index in [-0.39, 0.29) is 34.4 Å². The van der Waals surface area contributed by atoms with E-state index in [1.54, 1.807) is 0 Å². The molecular formula is C33H40F6N6O3. The number of benzene rings is 2. The molecule has 0 aliphatic carbocycles. The van der Waals surface area contributed by atoms with E-state index in [9.17, 15) is 35.9 Å². The minimum Gasteiger partial charge on any atom is -0.486 e. The molecule has 262 valence electrons. The summed E-state index contributed by atoms with van der Waals surface area (Å²) in [6.45, 7) is 7.66. The lowest BCUT2D eigenvalue weighted by atomic mass is 9.90. The smallest absolute Gasteiger partial charge is 0.416 e. The highest BCUT2D eigenvalue weighted by Gasteiger charge is 2.34. The van der Waals surface area contributed by atoms with Crippen LogP contribution in [0.4, 0.5) is 49.1 Å². The maximum absolute atomic E-state index is 13.7. The van der Waals surface area contributed by atoms with E-state index >= 15 is 0 Å². The van der Waals surface area contributed by atoms with Crippen molar-refractivity contribution in [3.63, 3.8) is 0 Å². The number of nitrogens with zero attached hydrogens (tertiary/aromatic N) is 2. The summed E-state index contributed by atoms with van der Waals surface area (Å²) in [5.41, 5.74) is 8.32. The van der Waals surface area contributed by atoms with Gasteiger partial charge in [-0.05, 0) is 55.0 Å². The molecule has 0 aliphatic heterocycles. The molecule has 0 saturated heterocycles. The lowest BCUT2D eigenvalue weighted by Gasteiger charge is -2.22. The molecule has 3 aromatic rings. The lowest BCUT2D eigenvalue weighted by Crippen LogP contribution is -2.22. The molecule has 1 aromatic heterocycles. The summed E-state index contributed by atoms with van der Waals surface area (Å²) in [4.78, 5) is 34.3. The van der Waals surface area contributed by atoms with Crippen molar-refractivity contribution < 1.29 is 40.7 Å². The van der Waals surface area contributed by atoms with Crippen LogP contribution >= 0.6 is 0 Å². The van der Waals surface area contributed by atoms with E-state index in [0.717, 1.165) is 50.2 Å². The molecule has 0 unspecified atom stereocenters. The highest BCUT2D eigenvalue weighted by Crippen LogP contribution is 2.41. The molecule has 15 heteroatoms. The Morgan fingerprint density at radius 3 is 1.77 bits per heavy atom. The Labute approximate surface area is 274 Å². The van der Waals surface area contributed by atoms with Crippen LogP contribution < -0.4 is 26.8 Å². The predicted molar refractivity (Wildman–Crippen MR) is 172 cm³/mol. The number of halogens is 6. The van der Waals surface area contributed by atoms with E-state index in [2.05, 4.69) is 20.6 Å². The Morgan fingerprint density at radius 1 is 0.750 bits per heavy atom. The number of hydrogen-bond donors (Lipinski definition) is 4. The molecule has 2 atom stereocenters. The molecule has 6 N–H and O–H groups in total. The first kappa shape index (κ1) is 37.9. The quantitative estimate of drug-likeness (QED) is 0.0985. The Bertz CT molecular complexity index is 1480. The number of nitrogens with two attached hydrogens (primary N) is 2. The fourth-order valence-corrected chi connectivity index (χ4v) is 5.20. The fraction of sp³-hybridized carbons (Fsp3) is 0.455. The third-order valence-corrected chi connectivity index (χ3v) is 7.80. The van der Waals surface area contributed by atoms with E-state index in [0.29, 0.717) is 37.0 Å². The van der Waals surface area contributed by atoms with Gasteiger partial charge in [0.1, 0.15) is 17.7 Å². The number of nitrogen functional groups attached to an aromatic ring is 2. The SMILES string of the molecule is CCC[C@H](CC)Cc1c(N)cc(C(F)(F)F)cc1NC(=O)c1cc(C(=O)Nc2cc(C(F)(F)F)cc(N)c2O[C@@H](CC)CCC)ncn1. The normalized spacial score (nSPS) is 13.1. The maximum Gasteiger partial charge on any atom is 0.416 e. The molecule has 3 rings (SSSR count). The second-order valence-corrected chi connectivity index (χ2v) is 11.4. The van der Waals surface area contributed by atoms with Gasteiger partial charge in [-0.3, -0.25) is 9.59 Å². The minimum absolute atomic E-state index is 0.0902. The van der Waals surface area contributed by atoms with Crippen LogP contribution in [0, 0.1) is 5.92 Å². The zero-order chi connectivity index (χ0) is 35.8. The Balaban J connectivity index is 1.97. The predicted octanol–water partition coefficient (Wildman–Crippen LogP) is 8.51. The average Bonchev–Trinajstić information content (AvgIpc) is 3.01. The minimum atomic E-state index is -4.79. The summed E-state index contributed by atoms with van der Waals surface area (Å²) >= 11 is 0. The van der Waals surface area contributed by atoms with E-state index in [4.69, 9.17) is 16.2 Å². The van der Waals surface area contributed by atoms with Crippen LogP contribution in [0.1, 0.15) is 104 Å². The van der Waals surface area contributed by atoms with Crippen molar-refractivity contribution >= 4 is 34.6 Å². The molecule has 2 amide bonds.